The largest absolute Gasteiger partial charge is 0.497 e. The molecule has 0 aromatic heterocycles. The maximum Gasteiger partial charge on any atom is 0.303 e. The van der Waals surface area contributed by atoms with Gasteiger partial charge in [-0.25, -0.2) is 0 Å². The molecule has 0 bridgehead atoms. The second kappa shape index (κ2) is 5.39. The number of rotatable bonds is 5. The van der Waals surface area contributed by atoms with E-state index >= 15 is 0 Å². The Balaban J connectivity index is 2.59. The molecule has 82 valence electrons. The van der Waals surface area contributed by atoms with Crippen molar-refractivity contribution in [1.29, 1.82) is 0 Å². The van der Waals surface area contributed by atoms with E-state index in [9.17, 15) is 4.79 Å². The monoisotopic (exact) mass is 208 g/mol. The fourth-order valence-corrected chi connectivity index (χ4v) is 1.57. The molecule has 0 heterocycles. The first-order valence-electron chi connectivity index (χ1n) is 4.96. The van der Waals surface area contributed by atoms with Gasteiger partial charge in [0.2, 0.25) is 0 Å². The van der Waals surface area contributed by atoms with Crippen molar-refractivity contribution in [2.45, 2.75) is 19.8 Å². The van der Waals surface area contributed by atoms with E-state index in [-0.39, 0.29) is 12.3 Å². The molecule has 0 aliphatic heterocycles. The van der Waals surface area contributed by atoms with Crippen LogP contribution in [0.3, 0.4) is 0 Å². The normalized spacial score (nSPS) is 12.1. The van der Waals surface area contributed by atoms with Gasteiger partial charge in [0.25, 0.3) is 0 Å². The maximum absolute atomic E-state index is 10.5. The van der Waals surface area contributed by atoms with Gasteiger partial charge in [-0.1, -0.05) is 19.1 Å². The van der Waals surface area contributed by atoms with Crippen LogP contribution in [0.5, 0.6) is 5.75 Å². The van der Waals surface area contributed by atoms with Gasteiger partial charge in [0.05, 0.1) is 7.11 Å². The van der Waals surface area contributed by atoms with Crippen LogP contribution in [-0.2, 0) is 11.2 Å². The van der Waals surface area contributed by atoms with Gasteiger partial charge in [-0.15, -0.1) is 0 Å². The van der Waals surface area contributed by atoms with Crippen molar-refractivity contribution < 1.29 is 14.6 Å². The van der Waals surface area contributed by atoms with Gasteiger partial charge in [0, 0.05) is 6.42 Å². The molecule has 0 unspecified atom stereocenters. The molecule has 1 aromatic carbocycles. The minimum absolute atomic E-state index is 0.148. The van der Waals surface area contributed by atoms with Crippen LogP contribution in [0.15, 0.2) is 24.3 Å². The van der Waals surface area contributed by atoms with Crippen LogP contribution < -0.4 is 4.74 Å². The standard InChI is InChI=1S/C12H16O3/c1-9(7-12(13)14)6-10-4-3-5-11(8-10)15-2/h3-5,8-9H,6-7H2,1-2H3,(H,13,14)/t9-/m0/s1. The number of hydrogen-bond donors (Lipinski definition) is 1. The van der Waals surface area contributed by atoms with Crippen molar-refractivity contribution in [3.8, 4) is 5.75 Å². The third kappa shape index (κ3) is 4.02. The summed E-state index contributed by atoms with van der Waals surface area (Å²) in [6, 6.07) is 7.73. The van der Waals surface area contributed by atoms with Crippen molar-refractivity contribution in [3.05, 3.63) is 29.8 Å². The summed E-state index contributed by atoms with van der Waals surface area (Å²) >= 11 is 0. The maximum atomic E-state index is 10.5. The molecule has 0 radical (unpaired) electrons. The van der Waals surface area contributed by atoms with E-state index in [1.165, 1.54) is 0 Å². The fraction of sp³-hybridized carbons (Fsp3) is 0.417. The van der Waals surface area contributed by atoms with Crippen LogP contribution in [0, 0.1) is 5.92 Å². The number of hydrogen-bond acceptors (Lipinski definition) is 2. The van der Waals surface area contributed by atoms with E-state index in [1.54, 1.807) is 7.11 Å². The topological polar surface area (TPSA) is 46.5 Å². The van der Waals surface area contributed by atoms with Gasteiger partial charge in [0.1, 0.15) is 5.75 Å². The molecule has 15 heavy (non-hydrogen) atoms. The van der Waals surface area contributed by atoms with Crippen LogP contribution >= 0.6 is 0 Å². The number of aliphatic carboxylic acids is 1. The van der Waals surface area contributed by atoms with Crippen molar-refractivity contribution in [3.63, 3.8) is 0 Å². The number of carboxylic acids is 1. The summed E-state index contributed by atoms with van der Waals surface area (Å²) in [7, 11) is 1.62. The van der Waals surface area contributed by atoms with Crippen LogP contribution in [0.25, 0.3) is 0 Å². The van der Waals surface area contributed by atoms with E-state index in [0.29, 0.717) is 0 Å². The van der Waals surface area contributed by atoms with Crippen LogP contribution in [0.1, 0.15) is 18.9 Å². The van der Waals surface area contributed by atoms with Crippen molar-refractivity contribution in [1.82, 2.24) is 0 Å². The molecule has 1 rings (SSSR count). The second-order valence-corrected chi connectivity index (χ2v) is 3.76. The number of benzene rings is 1. The lowest BCUT2D eigenvalue weighted by molar-refractivity contribution is -0.137. The number of carboxylic acid groups (broad SMARTS) is 1. The first kappa shape index (κ1) is 11.6. The molecule has 0 saturated carbocycles. The summed E-state index contributed by atoms with van der Waals surface area (Å²) in [4.78, 5) is 10.5. The Hall–Kier alpha value is -1.51. The molecule has 1 aromatic rings. The highest BCUT2D eigenvalue weighted by atomic mass is 16.5. The minimum Gasteiger partial charge on any atom is -0.497 e. The average molecular weight is 208 g/mol. The van der Waals surface area contributed by atoms with Crippen molar-refractivity contribution >= 4 is 5.97 Å². The lowest BCUT2D eigenvalue weighted by atomic mass is 9.98. The fourth-order valence-electron chi connectivity index (χ4n) is 1.57. The zero-order chi connectivity index (χ0) is 11.3. The Morgan fingerprint density at radius 1 is 1.53 bits per heavy atom. The van der Waals surface area contributed by atoms with E-state index in [4.69, 9.17) is 9.84 Å². The summed E-state index contributed by atoms with van der Waals surface area (Å²) in [5, 5.41) is 8.64. The Kier molecular flexibility index (Phi) is 4.16. The molecular weight excluding hydrogens is 192 g/mol. The predicted octanol–water partition coefficient (Wildman–Crippen LogP) is 2.35. The highest BCUT2D eigenvalue weighted by Gasteiger charge is 2.08. The van der Waals surface area contributed by atoms with Gasteiger partial charge in [-0.05, 0) is 30.0 Å². The van der Waals surface area contributed by atoms with Gasteiger partial charge in [-0.2, -0.15) is 0 Å². The summed E-state index contributed by atoms with van der Waals surface area (Å²) in [6.07, 6.45) is 0.973. The van der Waals surface area contributed by atoms with Crippen molar-refractivity contribution in [2.75, 3.05) is 7.11 Å². The van der Waals surface area contributed by atoms with E-state index in [2.05, 4.69) is 0 Å². The first-order valence-corrected chi connectivity index (χ1v) is 4.96. The van der Waals surface area contributed by atoms with Crippen LogP contribution in [0.2, 0.25) is 0 Å². The van der Waals surface area contributed by atoms with Gasteiger partial charge >= 0.3 is 5.97 Å². The Morgan fingerprint density at radius 2 is 2.27 bits per heavy atom. The number of methoxy groups -OCH3 is 1. The predicted molar refractivity (Wildman–Crippen MR) is 58.1 cm³/mol. The molecule has 0 saturated heterocycles. The molecule has 0 aliphatic carbocycles. The molecule has 1 N–H and O–H groups in total. The minimum atomic E-state index is -0.745. The quantitative estimate of drug-likeness (QED) is 0.807. The molecule has 0 amide bonds. The first-order chi connectivity index (χ1) is 7.11. The summed E-state index contributed by atoms with van der Waals surface area (Å²) in [6.45, 7) is 1.94. The molecule has 0 fully saturated rings. The molecule has 3 heteroatoms. The number of ether oxygens (including phenoxy) is 1. The summed E-state index contributed by atoms with van der Waals surface area (Å²) in [5.41, 5.74) is 1.11. The lowest BCUT2D eigenvalue weighted by Gasteiger charge is -2.09. The Labute approximate surface area is 89.7 Å². The van der Waals surface area contributed by atoms with Crippen LogP contribution in [-0.4, -0.2) is 18.2 Å². The highest BCUT2D eigenvalue weighted by molar-refractivity contribution is 5.67. The summed E-state index contributed by atoms with van der Waals surface area (Å²) in [5.74, 6) is 0.218. The third-order valence-electron chi connectivity index (χ3n) is 2.24. The van der Waals surface area contributed by atoms with E-state index < -0.39 is 5.97 Å². The zero-order valence-corrected chi connectivity index (χ0v) is 9.06. The zero-order valence-electron chi connectivity index (χ0n) is 9.06. The smallest absolute Gasteiger partial charge is 0.303 e. The lowest BCUT2D eigenvalue weighted by Crippen LogP contribution is -2.06. The Bertz CT molecular complexity index is 333. The average Bonchev–Trinajstić information content (AvgIpc) is 2.16. The number of carbonyl (C=O) groups is 1. The molecule has 1 atom stereocenters. The van der Waals surface area contributed by atoms with Gasteiger partial charge in [0.15, 0.2) is 0 Å². The highest BCUT2D eigenvalue weighted by Crippen LogP contribution is 2.17. The van der Waals surface area contributed by atoms with E-state index in [0.717, 1.165) is 17.7 Å². The molecule has 3 nitrogen and oxygen atoms in total. The van der Waals surface area contributed by atoms with Crippen LogP contribution in [0.4, 0.5) is 0 Å². The molecular formula is C12H16O3. The Morgan fingerprint density at radius 3 is 2.87 bits per heavy atom. The third-order valence-corrected chi connectivity index (χ3v) is 2.24. The van der Waals surface area contributed by atoms with Gasteiger partial charge in [-0.3, -0.25) is 4.79 Å². The summed E-state index contributed by atoms with van der Waals surface area (Å²) < 4.78 is 5.10. The SMILES string of the molecule is COc1cccc(C[C@H](C)CC(=O)O)c1. The molecule has 0 spiro atoms. The van der Waals surface area contributed by atoms with Gasteiger partial charge < -0.3 is 9.84 Å². The van der Waals surface area contributed by atoms with Crippen molar-refractivity contribution in [2.24, 2.45) is 5.92 Å². The molecule has 0 aliphatic rings. The second-order valence-electron chi connectivity index (χ2n) is 3.76. The van der Waals surface area contributed by atoms with E-state index in [1.807, 2.05) is 31.2 Å².